The Bertz CT molecular complexity index is 728. The van der Waals surface area contributed by atoms with Crippen LogP contribution in [0.1, 0.15) is 31.2 Å². The van der Waals surface area contributed by atoms with Crippen LogP contribution in [0.3, 0.4) is 0 Å². The summed E-state index contributed by atoms with van der Waals surface area (Å²) in [5.41, 5.74) is -0.176. The first-order chi connectivity index (χ1) is 11.3. The summed E-state index contributed by atoms with van der Waals surface area (Å²) in [6.07, 6.45) is 1.04. The third kappa shape index (κ3) is 2.74. The summed E-state index contributed by atoms with van der Waals surface area (Å²) in [6.45, 7) is 6.22. The SMILES string of the molecule is CCn1nc(C)c(S(=O)(=O)N2CCCC2(COC)C(=O)NC)c1C. The lowest BCUT2D eigenvalue weighted by Crippen LogP contribution is -2.59. The van der Waals surface area contributed by atoms with Gasteiger partial charge >= 0.3 is 0 Å². The molecule has 2 heterocycles. The number of nitrogens with zero attached hydrogens (tertiary/aromatic N) is 3. The van der Waals surface area contributed by atoms with E-state index in [1.807, 2.05) is 6.92 Å². The number of aryl methyl sites for hydroxylation is 2. The van der Waals surface area contributed by atoms with Gasteiger partial charge in [-0.25, -0.2) is 8.42 Å². The second-order valence-electron chi connectivity index (χ2n) is 6.04. The van der Waals surface area contributed by atoms with Gasteiger partial charge in [-0.15, -0.1) is 0 Å². The maximum absolute atomic E-state index is 13.4. The predicted molar refractivity (Wildman–Crippen MR) is 89.2 cm³/mol. The lowest BCUT2D eigenvalue weighted by atomic mass is 9.97. The van der Waals surface area contributed by atoms with Crippen LogP contribution in [0.4, 0.5) is 0 Å². The molecule has 1 fully saturated rings. The van der Waals surface area contributed by atoms with Crippen molar-refractivity contribution in [2.45, 2.75) is 50.6 Å². The van der Waals surface area contributed by atoms with Crippen molar-refractivity contribution in [3.05, 3.63) is 11.4 Å². The number of carbonyl (C=O) groups is 1. The highest BCUT2D eigenvalue weighted by atomic mass is 32.2. The highest BCUT2D eigenvalue weighted by Gasteiger charge is 2.53. The molecule has 0 aromatic carbocycles. The Labute approximate surface area is 143 Å². The van der Waals surface area contributed by atoms with Crippen LogP contribution in [-0.4, -0.2) is 61.3 Å². The second-order valence-corrected chi connectivity index (χ2v) is 7.84. The summed E-state index contributed by atoms with van der Waals surface area (Å²) in [4.78, 5) is 12.7. The largest absolute Gasteiger partial charge is 0.382 e. The maximum Gasteiger partial charge on any atom is 0.247 e. The van der Waals surface area contributed by atoms with E-state index >= 15 is 0 Å². The van der Waals surface area contributed by atoms with E-state index in [-0.39, 0.29) is 24.0 Å². The van der Waals surface area contributed by atoms with E-state index in [2.05, 4.69) is 10.4 Å². The van der Waals surface area contributed by atoms with Gasteiger partial charge in [0.15, 0.2) is 0 Å². The zero-order valence-electron chi connectivity index (χ0n) is 14.9. The van der Waals surface area contributed by atoms with E-state index < -0.39 is 15.6 Å². The Kier molecular flexibility index (Phi) is 5.36. The predicted octanol–water partition coefficient (Wildman–Crippen LogP) is 0.436. The molecule has 1 unspecified atom stereocenters. The van der Waals surface area contributed by atoms with E-state index in [4.69, 9.17) is 4.74 Å². The smallest absolute Gasteiger partial charge is 0.247 e. The Morgan fingerprint density at radius 2 is 2.08 bits per heavy atom. The minimum absolute atomic E-state index is 0.0198. The minimum atomic E-state index is -3.87. The van der Waals surface area contributed by atoms with Crippen molar-refractivity contribution in [1.82, 2.24) is 19.4 Å². The van der Waals surface area contributed by atoms with Gasteiger partial charge in [0.25, 0.3) is 0 Å². The highest BCUT2D eigenvalue weighted by molar-refractivity contribution is 7.89. The number of ether oxygens (including phenoxy) is 1. The van der Waals surface area contributed by atoms with Gasteiger partial charge in [-0.05, 0) is 33.6 Å². The summed E-state index contributed by atoms with van der Waals surface area (Å²) in [5, 5.41) is 6.89. The van der Waals surface area contributed by atoms with Gasteiger partial charge in [-0.2, -0.15) is 9.40 Å². The van der Waals surface area contributed by atoms with E-state index in [1.54, 1.807) is 18.5 Å². The van der Waals surface area contributed by atoms with Crippen LogP contribution in [0.5, 0.6) is 0 Å². The molecule has 8 nitrogen and oxygen atoms in total. The second kappa shape index (κ2) is 6.81. The van der Waals surface area contributed by atoms with Crippen LogP contribution in [0.15, 0.2) is 4.90 Å². The van der Waals surface area contributed by atoms with Gasteiger partial charge in [0.05, 0.1) is 18.0 Å². The van der Waals surface area contributed by atoms with Crippen molar-refractivity contribution in [2.75, 3.05) is 27.3 Å². The number of methoxy groups -OCH3 is 1. The Morgan fingerprint density at radius 1 is 1.42 bits per heavy atom. The Balaban J connectivity index is 2.59. The van der Waals surface area contributed by atoms with Crippen molar-refractivity contribution in [3.8, 4) is 0 Å². The Hall–Kier alpha value is -1.45. The van der Waals surface area contributed by atoms with Crippen molar-refractivity contribution >= 4 is 15.9 Å². The number of aromatic nitrogens is 2. The van der Waals surface area contributed by atoms with Gasteiger partial charge in [0.2, 0.25) is 15.9 Å². The first-order valence-corrected chi connectivity index (χ1v) is 9.48. The van der Waals surface area contributed by atoms with Gasteiger partial charge in [0, 0.05) is 27.2 Å². The summed E-state index contributed by atoms with van der Waals surface area (Å²) in [5.74, 6) is -0.344. The molecular weight excluding hydrogens is 332 g/mol. The monoisotopic (exact) mass is 358 g/mol. The molecule has 0 bridgehead atoms. The van der Waals surface area contributed by atoms with Crippen LogP contribution in [0.25, 0.3) is 0 Å². The highest BCUT2D eigenvalue weighted by Crippen LogP contribution is 2.37. The van der Waals surface area contributed by atoms with E-state index in [0.717, 1.165) is 0 Å². The van der Waals surface area contributed by atoms with Gasteiger partial charge in [-0.1, -0.05) is 0 Å². The molecule has 1 N–H and O–H groups in total. The molecule has 0 aliphatic carbocycles. The molecule has 1 aliphatic rings. The molecule has 1 amide bonds. The topological polar surface area (TPSA) is 93.5 Å². The van der Waals surface area contributed by atoms with Crippen molar-refractivity contribution in [2.24, 2.45) is 0 Å². The molecule has 1 aromatic rings. The third-order valence-electron chi connectivity index (χ3n) is 4.62. The Morgan fingerprint density at radius 3 is 2.58 bits per heavy atom. The van der Waals surface area contributed by atoms with Crippen LogP contribution in [0.2, 0.25) is 0 Å². The van der Waals surface area contributed by atoms with Crippen molar-refractivity contribution in [1.29, 1.82) is 0 Å². The molecule has 24 heavy (non-hydrogen) atoms. The summed E-state index contributed by atoms with van der Waals surface area (Å²) < 4.78 is 34.9. The third-order valence-corrected chi connectivity index (χ3v) is 6.84. The van der Waals surface area contributed by atoms with Gasteiger partial charge < -0.3 is 10.1 Å². The quantitative estimate of drug-likeness (QED) is 0.796. The number of nitrogens with one attached hydrogen (secondary N) is 1. The van der Waals surface area contributed by atoms with Crippen LogP contribution in [-0.2, 0) is 26.1 Å². The molecular formula is C15H26N4O4S. The number of sulfonamides is 1. The number of likely N-dealkylation sites (N-methyl/N-ethyl adjacent to an activating group) is 1. The van der Waals surface area contributed by atoms with E-state index in [9.17, 15) is 13.2 Å². The minimum Gasteiger partial charge on any atom is -0.382 e. The number of rotatable bonds is 6. The molecule has 1 aromatic heterocycles. The number of amides is 1. The first kappa shape index (κ1) is 18.9. The summed E-state index contributed by atoms with van der Waals surface area (Å²) >= 11 is 0. The van der Waals surface area contributed by atoms with Gasteiger partial charge in [-0.3, -0.25) is 9.48 Å². The van der Waals surface area contributed by atoms with Gasteiger partial charge in [0.1, 0.15) is 10.4 Å². The molecule has 1 saturated heterocycles. The zero-order valence-corrected chi connectivity index (χ0v) is 15.7. The fourth-order valence-corrected chi connectivity index (χ4v) is 5.75. The average Bonchev–Trinajstić information content (AvgIpc) is 3.09. The summed E-state index contributed by atoms with van der Waals surface area (Å²) in [6, 6.07) is 0. The molecule has 1 aliphatic heterocycles. The molecule has 0 spiro atoms. The average molecular weight is 358 g/mol. The van der Waals surface area contributed by atoms with Crippen LogP contribution < -0.4 is 5.32 Å². The number of carbonyl (C=O) groups excluding carboxylic acids is 1. The lowest BCUT2D eigenvalue weighted by Gasteiger charge is -2.35. The zero-order chi connectivity index (χ0) is 18.1. The number of hydrogen-bond acceptors (Lipinski definition) is 5. The van der Waals surface area contributed by atoms with E-state index in [1.165, 1.54) is 18.5 Å². The van der Waals surface area contributed by atoms with Crippen molar-refractivity contribution < 1.29 is 17.9 Å². The maximum atomic E-state index is 13.4. The van der Waals surface area contributed by atoms with Crippen LogP contribution >= 0.6 is 0 Å². The standard InChI is InChI=1S/C15H26N4O4S/c1-6-18-12(3)13(11(2)17-18)24(21,22)19-9-7-8-15(19,10-23-5)14(20)16-4/h6-10H2,1-5H3,(H,16,20). The fraction of sp³-hybridized carbons (Fsp3) is 0.733. The fourth-order valence-electron chi connectivity index (χ4n) is 3.58. The molecule has 1 atom stereocenters. The number of hydrogen-bond donors (Lipinski definition) is 1. The molecule has 9 heteroatoms. The first-order valence-electron chi connectivity index (χ1n) is 8.04. The molecule has 136 valence electrons. The molecule has 2 rings (SSSR count). The van der Waals surface area contributed by atoms with Crippen LogP contribution in [0, 0.1) is 13.8 Å². The van der Waals surface area contributed by atoms with Crippen molar-refractivity contribution in [3.63, 3.8) is 0 Å². The van der Waals surface area contributed by atoms with E-state index in [0.29, 0.717) is 30.8 Å². The lowest BCUT2D eigenvalue weighted by molar-refractivity contribution is -0.131. The molecule has 0 saturated carbocycles. The molecule has 0 radical (unpaired) electrons. The summed E-state index contributed by atoms with van der Waals surface area (Å²) in [7, 11) is -0.885. The normalized spacial score (nSPS) is 22.0.